The van der Waals surface area contributed by atoms with Gasteiger partial charge in [-0.1, -0.05) is 18.2 Å². The van der Waals surface area contributed by atoms with Crippen molar-refractivity contribution >= 4 is 0 Å². The predicted octanol–water partition coefficient (Wildman–Crippen LogP) is 1.62. The van der Waals surface area contributed by atoms with Gasteiger partial charge in [0, 0.05) is 25.8 Å². The quantitative estimate of drug-likeness (QED) is 0.734. The van der Waals surface area contributed by atoms with Gasteiger partial charge in [-0.05, 0) is 24.1 Å². The second-order valence-electron chi connectivity index (χ2n) is 5.42. The van der Waals surface area contributed by atoms with Crippen LogP contribution in [0.3, 0.4) is 0 Å². The molecule has 1 aliphatic rings. The maximum absolute atomic E-state index is 4.56. The van der Waals surface area contributed by atoms with Crippen molar-refractivity contribution in [3.05, 3.63) is 66.0 Å². The summed E-state index contributed by atoms with van der Waals surface area (Å²) in [5, 5.41) is 8.91. The second kappa shape index (κ2) is 5.65. The highest BCUT2D eigenvalue weighted by molar-refractivity contribution is 5.28. The van der Waals surface area contributed by atoms with Crippen LogP contribution in [0.4, 0.5) is 0 Å². The lowest BCUT2D eigenvalue weighted by atomic mass is 10.1. The molecule has 3 heterocycles. The SMILES string of the molecule is c1ccc(-n2ncc(CN3CCc4cncnc4C3)n2)cc1. The topological polar surface area (TPSA) is 59.7 Å². The average molecular weight is 292 g/mol. The fourth-order valence-electron chi connectivity index (χ4n) is 2.72. The van der Waals surface area contributed by atoms with E-state index < -0.39 is 0 Å². The Morgan fingerprint density at radius 2 is 2.00 bits per heavy atom. The number of hydrogen-bond acceptors (Lipinski definition) is 5. The van der Waals surface area contributed by atoms with E-state index in [1.807, 2.05) is 42.7 Å². The number of fused-ring (bicyclic) bond motifs is 1. The van der Waals surface area contributed by atoms with Crippen LogP contribution in [0.2, 0.25) is 0 Å². The summed E-state index contributed by atoms with van der Waals surface area (Å²) in [7, 11) is 0. The molecule has 1 aromatic carbocycles. The average Bonchev–Trinajstić information content (AvgIpc) is 3.04. The smallest absolute Gasteiger partial charge is 0.115 e. The third kappa shape index (κ3) is 2.60. The summed E-state index contributed by atoms with van der Waals surface area (Å²) in [6, 6.07) is 9.95. The molecule has 6 heteroatoms. The van der Waals surface area contributed by atoms with Gasteiger partial charge >= 0.3 is 0 Å². The number of rotatable bonds is 3. The molecule has 0 amide bonds. The van der Waals surface area contributed by atoms with E-state index in [0.717, 1.165) is 43.1 Å². The first-order valence-corrected chi connectivity index (χ1v) is 7.35. The Bertz CT molecular complexity index is 767. The second-order valence-corrected chi connectivity index (χ2v) is 5.42. The summed E-state index contributed by atoms with van der Waals surface area (Å²) in [5.74, 6) is 0. The van der Waals surface area contributed by atoms with Crippen molar-refractivity contribution in [2.45, 2.75) is 19.5 Å². The van der Waals surface area contributed by atoms with Gasteiger partial charge in [0.15, 0.2) is 0 Å². The summed E-state index contributed by atoms with van der Waals surface area (Å²) in [6.45, 7) is 2.63. The van der Waals surface area contributed by atoms with Gasteiger partial charge in [-0.15, -0.1) is 0 Å². The molecular weight excluding hydrogens is 276 g/mol. The molecule has 4 rings (SSSR count). The molecule has 6 nitrogen and oxygen atoms in total. The molecular formula is C16H16N6. The third-order valence-corrected chi connectivity index (χ3v) is 3.86. The zero-order chi connectivity index (χ0) is 14.8. The van der Waals surface area contributed by atoms with Gasteiger partial charge in [0.05, 0.1) is 23.3 Å². The highest BCUT2D eigenvalue weighted by Gasteiger charge is 2.18. The van der Waals surface area contributed by atoms with Gasteiger partial charge in [0.25, 0.3) is 0 Å². The molecule has 0 saturated carbocycles. The molecule has 0 aliphatic carbocycles. The van der Waals surface area contributed by atoms with E-state index in [4.69, 9.17) is 0 Å². The number of hydrogen-bond donors (Lipinski definition) is 0. The Hall–Kier alpha value is -2.60. The first kappa shape index (κ1) is 13.1. The Morgan fingerprint density at radius 3 is 2.91 bits per heavy atom. The van der Waals surface area contributed by atoms with Gasteiger partial charge < -0.3 is 0 Å². The highest BCUT2D eigenvalue weighted by atomic mass is 15.5. The summed E-state index contributed by atoms with van der Waals surface area (Å²) in [4.78, 5) is 12.5. The van der Waals surface area contributed by atoms with Crippen LogP contribution in [0.5, 0.6) is 0 Å². The lowest BCUT2D eigenvalue weighted by molar-refractivity contribution is 0.238. The molecule has 0 N–H and O–H groups in total. The largest absolute Gasteiger partial charge is 0.291 e. The lowest BCUT2D eigenvalue weighted by Gasteiger charge is -2.26. The Balaban J connectivity index is 1.48. The van der Waals surface area contributed by atoms with Crippen LogP contribution in [0.15, 0.2) is 49.1 Å². The molecule has 0 unspecified atom stereocenters. The molecule has 0 radical (unpaired) electrons. The molecule has 22 heavy (non-hydrogen) atoms. The van der Waals surface area contributed by atoms with Crippen molar-refractivity contribution in [1.82, 2.24) is 29.9 Å². The Labute approximate surface area is 128 Å². The molecule has 3 aromatic rings. The number of aromatic nitrogens is 5. The molecule has 1 aliphatic heterocycles. The first-order chi connectivity index (χ1) is 10.9. The van der Waals surface area contributed by atoms with E-state index in [9.17, 15) is 0 Å². The van der Waals surface area contributed by atoms with Crippen molar-refractivity contribution in [3.8, 4) is 5.69 Å². The predicted molar refractivity (Wildman–Crippen MR) is 81.2 cm³/mol. The number of benzene rings is 1. The van der Waals surface area contributed by atoms with Gasteiger partial charge in [0.2, 0.25) is 0 Å². The molecule has 0 saturated heterocycles. The minimum Gasteiger partial charge on any atom is -0.291 e. The zero-order valence-corrected chi connectivity index (χ0v) is 12.1. The van der Waals surface area contributed by atoms with Crippen LogP contribution in [0, 0.1) is 0 Å². The minimum absolute atomic E-state index is 0.788. The van der Waals surface area contributed by atoms with Gasteiger partial charge in [-0.25, -0.2) is 9.97 Å². The molecule has 0 fully saturated rings. The molecule has 0 bridgehead atoms. The van der Waals surface area contributed by atoms with Crippen LogP contribution in [0.1, 0.15) is 17.0 Å². The summed E-state index contributed by atoms with van der Waals surface area (Å²) >= 11 is 0. The van der Waals surface area contributed by atoms with E-state index in [0.29, 0.717) is 0 Å². The molecule has 2 aromatic heterocycles. The van der Waals surface area contributed by atoms with Crippen LogP contribution in [0.25, 0.3) is 5.69 Å². The maximum atomic E-state index is 4.56. The fraction of sp³-hybridized carbons (Fsp3) is 0.250. The Kier molecular flexibility index (Phi) is 3.36. The lowest BCUT2D eigenvalue weighted by Crippen LogP contribution is -2.31. The van der Waals surface area contributed by atoms with Crippen LogP contribution < -0.4 is 0 Å². The summed E-state index contributed by atoms with van der Waals surface area (Å²) in [6.07, 6.45) is 6.37. The monoisotopic (exact) mass is 292 g/mol. The normalized spacial score (nSPS) is 14.7. The third-order valence-electron chi connectivity index (χ3n) is 3.86. The van der Waals surface area contributed by atoms with Crippen molar-refractivity contribution in [2.24, 2.45) is 0 Å². The fourth-order valence-corrected chi connectivity index (χ4v) is 2.72. The standard InChI is InChI=1S/C16H16N6/c1-2-4-15(5-3-1)22-19-9-14(20-22)10-21-7-6-13-8-17-12-18-16(13)11-21/h1-5,8-9,12H,6-7,10-11H2. The van der Waals surface area contributed by atoms with E-state index in [2.05, 4.69) is 25.1 Å². The van der Waals surface area contributed by atoms with Crippen molar-refractivity contribution < 1.29 is 0 Å². The van der Waals surface area contributed by atoms with Crippen molar-refractivity contribution in [3.63, 3.8) is 0 Å². The van der Waals surface area contributed by atoms with E-state index in [-0.39, 0.29) is 0 Å². The first-order valence-electron chi connectivity index (χ1n) is 7.35. The van der Waals surface area contributed by atoms with Gasteiger partial charge in [-0.2, -0.15) is 15.0 Å². The molecule has 0 spiro atoms. The van der Waals surface area contributed by atoms with Crippen molar-refractivity contribution in [2.75, 3.05) is 6.54 Å². The number of para-hydroxylation sites is 1. The van der Waals surface area contributed by atoms with Gasteiger partial charge in [0.1, 0.15) is 6.33 Å². The minimum atomic E-state index is 0.788. The zero-order valence-electron chi connectivity index (χ0n) is 12.1. The maximum Gasteiger partial charge on any atom is 0.115 e. The van der Waals surface area contributed by atoms with Crippen LogP contribution in [-0.4, -0.2) is 36.4 Å². The Morgan fingerprint density at radius 1 is 1.09 bits per heavy atom. The number of nitrogens with zero attached hydrogens (tertiary/aromatic N) is 6. The van der Waals surface area contributed by atoms with Gasteiger partial charge in [-0.3, -0.25) is 4.90 Å². The highest BCUT2D eigenvalue weighted by Crippen LogP contribution is 2.17. The van der Waals surface area contributed by atoms with Crippen molar-refractivity contribution in [1.29, 1.82) is 0 Å². The molecule has 0 atom stereocenters. The summed E-state index contributed by atoms with van der Waals surface area (Å²) < 4.78 is 0. The van der Waals surface area contributed by atoms with Crippen LogP contribution >= 0.6 is 0 Å². The molecule has 110 valence electrons. The van der Waals surface area contributed by atoms with E-state index in [1.165, 1.54) is 5.56 Å². The van der Waals surface area contributed by atoms with E-state index in [1.54, 1.807) is 11.1 Å². The van der Waals surface area contributed by atoms with Crippen LogP contribution in [-0.2, 0) is 19.5 Å². The van der Waals surface area contributed by atoms with E-state index >= 15 is 0 Å². The summed E-state index contributed by atoms with van der Waals surface area (Å²) in [5.41, 5.74) is 4.33.